The lowest BCUT2D eigenvalue weighted by Gasteiger charge is -1.83. The molecule has 2 rings (SSSR count). The van der Waals surface area contributed by atoms with Crippen LogP contribution in [-0.4, -0.2) is 13.4 Å². The molecule has 0 aliphatic rings. The van der Waals surface area contributed by atoms with Crippen molar-refractivity contribution in [3.63, 3.8) is 0 Å². The first-order chi connectivity index (χ1) is 4.47. The summed E-state index contributed by atoms with van der Waals surface area (Å²) in [7, 11) is 0. The fourth-order valence-electron chi connectivity index (χ4n) is 0.995. The maximum atomic E-state index is 3.12. The molecule has 3 radical (unpaired) electrons. The van der Waals surface area contributed by atoms with Gasteiger partial charge in [0.25, 0.3) is 0 Å². The van der Waals surface area contributed by atoms with Gasteiger partial charge < -0.3 is 4.98 Å². The molecule has 0 spiro atoms. The molecule has 0 saturated carbocycles. The number of halogens is 1. The quantitative estimate of drug-likeness (QED) is 0.549. The SMILES string of the molecule is F.[B].c1ccc2[nH]ccc2c1. The van der Waals surface area contributed by atoms with Gasteiger partial charge in [-0.25, -0.2) is 0 Å². The van der Waals surface area contributed by atoms with Gasteiger partial charge in [-0.3, -0.25) is 4.70 Å². The van der Waals surface area contributed by atoms with Crippen molar-refractivity contribution in [2.75, 3.05) is 0 Å². The van der Waals surface area contributed by atoms with E-state index >= 15 is 0 Å². The van der Waals surface area contributed by atoms with Crippen molar-refractivity contribution in [3.8, 4) is 0 Å². The van der Waals surface area contributed by atoms with Gasteiger partial charge in [0.2, 0.25) is 0 Å². The summed E-state index contributed by atoms with van der Waals surface area (Å²) in [4.78, 5) is 3.12. The molecule has 0 atom stereocenters. The third-order valence-electron chi connectivity index (χ3n) is 1.46. The third kappa shape index (κ3) is 1.61. The summed E-state index contributed by atoms with van der Waals surface area (Å²) in [5, 5.41) is 1.28. The first-order valence-corrected chi connectivity index (χ1v) is 2.99. The van der Waals surface area contributed by atoms with Crippen LogP contribution in [0.5, 0.6) is 0 Å². The highest BCUT2D eigenvalue weighted by atomic mass is 19.0. The van der Waals surface area contributed by atoms with E-state index in [0.29, 0.717) is 0 Å². The number of rotatable bonds is 0. The summed E-state index contributed by atoms with van der Waals surface area (Å²) < 4.78 is 0. The lowest BCUT2D eigenvalue weighted by Crippen LogP contribution is -1.61. The second kappa shape index (κ2) is 3.81. The topological polar surface area (TPSA) is 15.8 Å². The molecule has 11 heavy (non-hydrogen) atoms. The van der Waals surface area contributed by atoms with Crippen LogP contribution in [0.25, 0.3) is 10.9 Å². The van der Waals surface area contributed by atoms with Gasteiger partial charge in [-0.1, -0.05) is 18.2 Å². The van der Waals surface area contributed by atoms with Crippen LogP contribution in [0.4, 0.5) is 4.70 Å². The minimum absolute atomic E-state index is 0. The Balaban J connectivity index is 0.000000500. The predicted molar refractivity (Wildman–Crippen MR) is 46.6 cm³/mol. The van der Waals surface area contributed by atoms with Gasteiger partial charge in [0, 0.05) is 20.1 Å². The van der Waals surface area contributed by atoms with Crippen molar-refractivity contribution >= 4 is 19.3 Å². The van der Waals surface area contributed by atoms with E-state index < -0.39 is 0 Å². The molecule has 3 heteroatoms. The standard InChI is InChI=1S/C8H7N.B.FH/c1-2-4-8-7(3-1)5-6-9-8;;/h1-6,9H;;1H. The van der Waals surface area contributed by atoms with E-state index in [2.05, 4.69) is 23.2 Å². The molecule has 1 N–H and O–H groups in total. The Hall–Kier alpha value is -1.25. The maximum Gasteiger partial charge on any atom is 0.0453 e. The molecular formula is C8H8BFN. The summed E-state index contributed by atoms with van der Waals surface area (Å²) in [6.07, 6.45) is 1.95. The molecular weight excluding hydrogens is 140 g/mol. The molecule has 0 amide bonds. The van der Waals surface area contributed by atoms with Gasteiger partial charge in [0.05, 0.1) is 0 Å². The lowest BCUT2D eigenvalue weighted by atomic mass is 10.3. The van der Waals surface area contributed by atoms with Crippen molar-refractivity contribution in [1.29, 1.82) is 0 Å². The minimum Gasteiger partial charge on any atom is -0.361 e. The molecule has 0 unspecified atom stereocenters. The molecule has 0 saturated heterocycles. The van der Waals surface area contributed by atoms with Crippen LogP contribution in [-0.2, 0) is 0 Å². The molecule has 1 nitrogen and oxygen atoms in total. The molecule has 55 valence electrons. The monoisotopic (exact) mass is 148 g/mol. The molecule has 0 aliphatic heterocycles. The van der Waals surface area contributed by atoms with Gasteiger partial charge >= 0.3 is 0 Å². The number of hydrogen-bond acceptors (Lipinski definition) is 0. The van der Waals surface area contributed by atoms with Crippen molar-refractivity contribution in [3.05, 3.63) is 36.5 Å². The second-order valence-electron chi connectivity index (χ2n) is 2.06. The summed E-state index contributed by atoms with van der Waals surface area (Å²) in [5.41, 5.74) is 1.21. The highest BCUT2D eigenvalue weighted by Crippen LogP contribution is 2.09. The zero-order chi connectivity index (χ0) is 6.10. The summed E-state index contributed by atoms with van der Waals surface area (Å²) in [5.74, 6) is 0. The summed E-state index contributed by atoms with van der Waals surface area (Å²) >= 11 is 0. The number of para-hydroxylation sites is 1. The minimum atomic E-state index is 0. The fraction of sp³-hybridized carbons (Fsp3) is 0. The largest absolute Gasteiger partial charge is 0.361 e. The Labute approximate surface area is 66.4 Å². The molecule has 2 aromatic rings. The van der Waals surface area contributed by atoms with E-state index in [9.17, 15) is 0 Å². The van der Waals surface area contributed by atoms with Gasteiger partial charge in [-0.15, -0.1) is 0 Å². The second-order valence-corrected chi connectivity index (χ2v) is 2.06. The lowest BCUT2D eigenvalue weighted by molar-refractivity contribution is 1.11. The van der Waals surface area contributed by atoms with Crippen molar-refractivity contribution in [1.82, 2.24) is 4.98 Å². The van der Waals surface area contributed by atoms with Crippen molar-refractivity contribution in [2.45, 2.75) is 0 Å². The number of aromatic nitrogens is 1. The maximum absolute atomic E-state index is 3.12. The van der Waals surface area contributed by atoms with Crippen LogP contribution in [0.1, 0.15) is 0 Å². The molecule has 1 heterocycles. The van der Waals surface area contributed by atoms with Gasteiger partial charge in [-0.2, -0.15) is 0 Å². The van der Waals surface area contributed by atoms with E-state index in [1.165, 1.54) is 10.9 Å². The van der Waals surface area contributed by atoms with Crippen molar-refractivity contribution in [2.24, 2.45) is 0 Å². The Morgan fingerprint density at radius 2 is 1.73 bits per heavy atom. The van der Waals surface area contributed by atoms with Crippen LogP contribution in [0.2, 0.25) is 0 Å². The first-order valence-electron chi connectivity index (χ1n) is 2.99. The van der Waals surface area contributed by atoms with Crippen LogP contribution < -0.4 is 0 Å². The van der Waals surface area contributed by atoms with E-state index in [1.54, 1.807) is 0 Å². The Kier molecular flexibility index (Phi) is 3.38. The van der Waals surface area contributed by atoms with E-state index in [4.69, 9.17) is 0 Å². The highest BCUT2D eigenvalue weighted by Gasteiger charge is 1.86. The number of hydrogen-bond donors (Lipinski definition) is 1. The van der Waals surface area contributed by atoms with Crippen LogP contribution in [0.3, 0.4) is 0 Å². The molecule has 0 aliphatic carbocycles. The first kappa shape index (κ1) is 9.75. The zero-order valence-corrected chi connectivity index (χ0v) is 5.95. The normalized spacial score (nSPS) is 8.36. The molecule has 1 aromatic carbocycles. The van der Waals surface area contributed by atoms with E-state index in [-0.39, 0.29) is 13.1 Å². The van der Waals surface area contributed by atoms with Gasteiger partial charge in [0.15, 0.2) is 0 Å². The Morgan fingerprint density at radius 3 is 2.45 bits per heavy atom. The van der Waals surface area contributed by atoms with Crippen LogP contribution in [0.15, 0.2) is 36.5 Å². The molecule has 0 fully saturated rings. The average Bonchev–Trinajstić information content (AvgIpc) is 2.33. The zero-order valence-electron chi connectivity index (χ0n) is 5.95. The summed E-state index contributed by atoms with van der Waals surface area (Å²) in [6, 6.07) is 10.3. The van der Waals surface area contributed by atoms with E-state index in [1.807, 2.05) is 18.3 Å². The average molecular weight is 148 g/mol. The van der Waals surface area contributed by atoms with Gasteiger partial charge in [-0.05, 0) is 17.5 Å². The Bertz CT molecular complexity index is 288. The van der Waals surface area contributed by atoms with E-state index in [0.717, 1.165) is 0 Å². The fourth-order valence-corrected chi connectivity index (χ4v) is 0.995. The van der Waals surface area contributed by atoms with Crippen LogP contribution >= 0.6 is 0 Å². The van der Waals surface area contributed by atoms with Crippen LogP contribution in [0, 0.1) is 0 Å². The smallest absolute Gasteiger partial charge is 0.0453 e. The number of nitrogens with one attached hydrogen (secondary N) is 1. The molecule has 0 bridgehead atoms. The molecule has 1 aromatic heterocycles. The van der Waals surface area contributed by atoms with Crippen molar-refractivity contribution < 1.29 is 4.70 Å². The van der Waals surface area contributed by atoms with Gasteiger partial charge in [0.1, 0.15) is 0 Å². The predicted octanol–water partition coefficient (Wildman–Crippen LogP) is 1.94. The highest BCUT2D eigenvalue weighted by molar-refractivity contribution is 5.78. The third-order valence-corrected chi connectivity index (χ3v) is 1.46. The number of benzene rings is 1. The number of H-pyrrole nitrogens is 1. The summed E-state index contributed by atoms with van der Waals surface area (Å²) in [6.45, 7) is 0. The number of aromatic amines is 1. The Morgan fingerprint density at radius 1 is 1.00 bits per heavy atom. The number of fused-ring (bicyclic) bond motifs is 1.